The minimum absolute atomic E-state index is 0.304. The van der Waals surface area contributed by atoms with E-state index < -0.39 is 11.7 Å². The summed E-state index contributed by atoms with van der Waals surface area (Å²) in [5.41, 5.74) is 5.44. The SMILES string of the molecule is Cc1ccc2nc(C)c(C(=O)NN=Cc3ccccc3F)n2c1. The number of hydrogen-bond acceptors (Lipinski definition) is 3. The molecule has 116 valence electrons. The van der Waals surface area contributed by atoms with Crippen LogP contribution in [0, 0.1) is 19.7 Å². The molecule has 1 aromatic carbocycles. The van der Waals surface area contributed by atoms with Gasteiger partial charge in [-0.15, -0.1) is 0 Å². The average molecular weight is 310 g/mol. The van der Waals surface area contributed by atoms with Gasteiger partial charge in [-0.2, -0.15) is 5.10 Å². The number of nitrogens with zero attached hydrogens (tertiary/aromatic N) is 3. The predicted octanol–water partition coefficient (Wildman–Crippen LogP) is 2.85. The highest BCUT2D eigenvalue weighted by Crippen LogP contribution is 2.13. The van der Waals surface area contributed by atoms with Crippen molar-refractivity contribution in [3.63, 3.8) is 0 Å². The third-order valence-corrected chi connectivity index (χ3v) is 3.43. The fourth-order valence-electron chi connectivity index (χ4n) is 2.34. The zero-order valence-electron chi connectivity index (χ0n) is 12.7. The van der Waals surface area contributed by atoms with E-state index in [-0.39, 0.29) is 0 Å². The van der Waals surface area contributed by atoms with Gasteiger partial charge >= 0.3 is 0 Å². The minimum Gasteiger partial charge on any atom is -0.295 e. The first-order valence-corrected chi connectivity index (χ1v) is 7.09. The Kier molecular flexibility index (Phi) is 3.89. The highest BCUT2D eigenvalue weighted by molar-refractivity contribution is 5.95. The first-order chi connectivity index (χ1) is 11.1. The highest BCUT2D eigenvalue weighted by atomic mass is 19.1. The first kappa shape index (κ1) is 14.9. The van der Waals surface area contributed by atoms with Gasteiger partial charge in [-0.05, 0) is 31.5 Å². The summed E-state index contributed by atoms with van der Waals surface area (Å²) in [6.07, 6.45) is 3.11. The second-order valence-electron chi connectivity index (χ2n) is 5.20. The first-order valence-electron chi connectivity index (χ1n) is 7.09. The fraction of sp³-hybridized carbons (Fsp3) is 0.118. The third kappa shape index (κ3) is 2.96. The Bertz CT molecular complexity index is 914. The number of nitrogens with one attached hydrogen (secondary N) is 1. The van der Waals surface area contributed by atoms with Crippen LogP contribution in [-0.2, 0) is 0 Å². The summed E-state index contributed by atoms with van der Waals surface area (Å²) in [5, 5.41) is 3.82. The van der Waals surface area contributed by atoms with E-state index in [2.05, 4.69) is 15.5 Å². The number of halogens is 1. The predicted molar refractivity (Wildman–Crippen MR) is 86.1 cm³/mol. The Morgan fingerprint density at radius 1 is 1.26 bits per heavy atom. The number of pyridine rings is 1. The third-order valence-electron chi connectivity index (χ3n) is 3.43. The number of hydrogen-bond donors (Lipinski definition) is 1. The molecule has 0 unspecified atom stereocenters. The van der Waals surface area contributed by atoms with E-state index >= 15 is 0 Å². The Morgan fingerprint density at radius 2 is 2.04 bits per heavy atom. The standard InChI is InChI=1S/C17H15FN4O/c1-11-7-8-15-20-12(2)16(22(15)10-11)17(23)21-19-9-13-5-3-4-6-14(13)18/h3-10H,1-2H3,(H,21,23). The molecule has 0 aliphatic carbocycles. The number of aromatic nitrogens is 2. The molecule has 23 heavy (non-hydrogen) atoms. The molecule has 0 saturated heterocycles. The summed E-state index contributed by atoms with van der Waals surface area (Å²) in [5.74, 6) is -0.791. The smallest absolute Gasteiger partial charge is 0.290 e. The molecule has 5 nitrogen and oxygen atoms in total. The van der Waals surface area contributed by atoms with Crippen molar-refractivity contribution in [3.05, 3.63) is 70.9 Å². The maximum Gasteiger partial charge on any atom is 0.290 e. The topological polar surface area (TPSA) is 58.8 Å². The summed E-state index contributed by atoms with van der Waals surface area (Å²) >= 11 is 0. The summed E-state index contributed by atoms with van der Waals surface area (Å²) < 4.78 is 15.2. The van der Waals surface area contributed by atoms with Crippen LogP contribution >= 0.6 is 0 Å². The molecule has 6 heteroatoms. The summed E-state index contributed by atoms with van der Waals surface area (Å²) in [7, 11) is 0. The van der Waals surface area contributed by atoms with E-state index in [0.717, 1.165) is 5.56 Å². The van der Waals surface area contributed by atoms with Crippen molar-refractivity contribution in [3.8, 4) is 0 Å². The van der Waals surface area contributed by atoms with Crippen molar-refractivity contribution in [2.45, 2.75) is 13.8 Å². The molecule has 0 aliphatic heterocycles. The van der Waals surface area contributed by atoms with Crippen LogP contribution < -0.4 is 5.43 Å². The van der Waals surface area contributed by atoms with Gasteiger partial charge in [0.25, 0.3) is 5.91 Å². The molecule has 1 N–H and O–H groups in total. The monoisotopic (exact) mass is 310 g/mol. The van der Waals surface area contributed by atoms with Crippen molar-refractivity contribution < 1.29 is 9.18 Å². The maximum absolute atomic E-state index is 13.5. The molecular weight excluding hydrogens is 295 g/mol. The van der Waals surface area contributed by atoms with Gasteiger partial charge in [0, 0.05) is 11.8 Å². The van der Waals surface area contributed by atoms with E-state index in [0.29, 0.717) is 22.6 Å². The Morgan fingerprint density at radius 3 is 2.83 bits per heavy atom. The Hall–Kier alpha value is -3.02. The normalized spacial score (nSPS) is 11.3. The lowest BCUT2D eigenvalue weighted by Crippen LogP contribution is -2.20. The number of carbonyl (C=O) groups is 1. The molecule has 1 amide bonds. The molecule has 0 radical (unpaired) electrons. The average Bonchev–Trinajstić information content (AvgIpc) is 2.84. The number of hydrazone groups is 1. The summed E-state index contributed by atoms with van der Waals surface area (Å²) in [6, 6.07) is 9.98. The molecule has 2 aromatic heterocycles. The zero-order chi connectivity index (χ0) is 16.4. The molecule has 3 aromatic rings. The van der Waals surface area contributed by atoms with E-state index in [4.69, 9.17) is 0 Å². The van der Waals surface area contributed by atoms with E-state index in [9.17, 15) is 9.18 Å². The molecule has 0 saturated carbocycles. The number of fused-ring (bicyclic) bond motifs is 1. The van der Waals surface area contributed by atoms with Gasteiger partial charge in [0.2, 0.25) is 0 Å². The molecule has 0 atom stereocenters. The van der Waals surface area contributed by atoms with Crippen LogP contribution in [0.15, 0.2) is 47.7 Å². The number of carbonyl (C=O) groups excluding carboxylic acids is 1. The Labute approximate surface area is 132 Å². The van der Waals surface area contributed by atoms with E-state index in [1.165, 1.54) is 12.3 Å². The van der Waals surface area contributed by atoms with Gasteiger partial charge in [0.05, 0.1) is 11.9 Å². The zero-order valence-corrected chi connectivity index (χ0v) is 12.7. The lowest BCUT2D eigenvalue weighted by atomic mass is 10.2. The summed E-state index contributed by atoms with van der Waals surface area (Å²) in [4.78, 5) is 16.7. The van der Waals surface area contributed by atoms with Gasteiger partial charge < -0.3 is 0 Å². The van der Waals surface area contributed by atoms with E-state index in [1.54, 1.807) is 29.5 Å². The van der Waals surface area contributed by atoms with E-state index in [1.807, 2.05) is 25.3 Å². The molecule has 0 spiro atoms. The van der Waals surface area contributed by atoms with Gasteiger partial charge in [-0.1, -0.05) is 24.3 Å². The Balaban J connectivity index is 1.85. The van der Waals surface area contributed by atoms with Crippen molar-refractivity contribution in [1.29, 1.82) is 0 Å². The number of amides is 1. The lowest BCUT2D eigenvalue weighted by molar-refractivity contribution is 0.0948. The van der Waals surface area contributed by atoms with Crippen molar-refractivity contribution in [2.75, 3.05) is 0 Å². The number of aryl methyl sites for hydroxylation is 2. The van der Waals surface area contributed by atoms with Crippen LogP contribution in [-0.4, -0.2) is 21.5 Å². The van der Waals surface area contributed by atoms with Crippen LogP contribution in [0.1, 0.15) is 27.3 Å². The highest BCUT2D eigenvalue weighted by Gasteiger charge is 2.16. The molecule has 2 heterocycles. The lowest BCUT2D eigenvalue weighted by Gasteiger charge is -2.02. The van der Waals surface area contributed by atoms with Crippen LogP contribution in [0.25, 0.3) is 5.65 Å². The van der Waals surface area contributed by atoms with Crippen LogP contribution in [0.3, 0.4) is 0 Å². The van der Waals surface area contributed by atoms with Crippen LogP contribution in [0.4, 0.5) is 4.39 Å². The minimum atomic E-state index is -0.396. The van der Waals surface area contributed by atoms with Gasteiger partial charge in [0.1, 0.15) is 17.2 Å². The quantitative estimate of drug-likeness (QED) is 0.597. The van der Waals surface area contributed by atoms with Crippen molar-refractivity contribution in [1.82, 2.24) is 14.8 Å². The van der Waals surface area contributed by atoms with Crippen molar-refractivity contribution in [2.24, 2.45) is 5.10 Å². The molecule has 0 bridgehead atoms. The molecule has 0 aliphatic rings. The molecule has 0 fully saturated rings. The number of rotatable bonds is 3. The second-order valence-corrected chi connectivity index (χ2v) is 5.20. The largest absolute Gasteiger partial charge is 0.295 e. The number of benzene rings is 1. The van der Waals surface area contributed by atoms with Crippen LogP contribution in [0.2, 0.25) is 0 Å². The molecular formula is C17H15FN4O. The maximum atomic E-state index is 13.5. The second kappa shape index (κ2) is 6.00. The fourth-order valence-corrected chi connectivity index (χ4v) is 2.34. The number of imidazole rings is 1. The van der Waals surface area contributed by atoms with Crippen LogP contribution in [0.5, 0.6) is 0 Å². The molecule has 3 rings (SSSR count). The van der Waals surface area contributed by atoms with Gasteiger partial charge in [-0.25, -0.2) is 14.8 Å². The van der Waals surface area contributed by atoms with Gasteiger partial charge in [-0.3, -0.25) is 9.20 Å². The van der Waals surface area contributed by atoms with Gasteiger partial charge in [0.15, 0.2) is 0 Å². The van der Waals surface area contributed by atoms with Crippen molar-refractivity contribution >= 4 is 17.8 Å². The summed E-state index contributed by atoms with van der Waals surface area (Å²) in [6.45, 7) is 3.70.